The Hall–Kier alpha value is -1.85. The van der Waals surface area contributed by atoms with Gasteiger partial charge in [0.2, 0.25) is 0 Å². The molecule has 0 bridgehead atoms. The van der Waals surface area contributed by atoms with Crippen LogP contribution in [0.2, 0.25) is 0 Å². The van der Waals surface area contributed by atoms with Crippen molar-refractivity contribution in [2.45, 2.75) is 58.3 Å². The lowest BCUT2D eigenvalue weighted by Crippen LogP contribution is -2.50. The smallest absolute Gasteiger partial charge is 0.416 e. The molecular formula is C22H27BrN2O2. The summed E-state index contributed by atoms with van der Waals surface area (Å²) in [5, 5.41) is 3.56. The Morgan fingerprint density at radius 3 is 2.67 bits per heavy atom. The first kappa shape index (κ1) is 19.9. The van der Waals surface area contributed by atoms with E-state index in [1.54, 1.807) is 4.90 Å². The number of nitrogens with one attached hydrogen (secondary N) is 1. The minimum Gasteiger partial charge on any atom is -0.443 e. The molecule has 1 aliphatic rings. The number of hydrogen-bond acceptors (Lipinski definition) is 3. The SMILES string of the molecule is CC(C)(C)OC(=O)N1c2cc(Br)ccc2CCCC1NCc1ccccc1. The number of anilines is 1. The van der Waals surface area contributed by atoms with Crippen LogP contribution in [0.1, 0.15) is 44.7 Å². The first-order valence-corrected chi connectivity index (χ1v) is 10.2. The van der Waals surface area contributed by atoms with Crippen molar-refractivity contribution in [3.63, 3.8) is 0 Å². The summed E-state index contributed by atoms with van der Waals surface area (Å²) in [6.45, 7) is 6.40. The second kappa shape index (κ2) is 8.44. The molecule has 0 aromatic heterocycles. The number of fused-ring (bicyclic) bond motifs is 1. The molecule has 5 heteroatoms. The molecule has 0 saturated carbocycles. The summed E-state index contributed by atoms with van der Waals surface area (Å²) in [5.74, 6) is 0. The Bertz CT molecular complexity index is 787. The zero-order valence-corrected chi connectivity index (χ0v) is 17.8. The zero-order valence-electron chi connectivity index (χ0n) is 16.2. The Labute approximate surface area is 170 Å². The van der Waals surface area contributed by atoms with Crippen molar-refractivity contribution >= 4 is 27.7 Å². The number of nitrogens with zero attached hydrogens (tertiary/aromatic N) is 1. The third kappa shape index (κ3) is 5.33. The van der Waals surface area contributed by atoms with Crippen LogP contribution in [0.25, 0.3) is 0 Å². The van der Waals surface area contributed by atoms with E-state index >= 15 is 0 Å². The molecule has 2 aromatic rings. The summed E-state index contributed by atoms with van der Waals surface area (Å²) in [5.41, 5.74) is 2.75. The van der Waals surface area contributed by atoms with Gasteiger partial charge in [-0.3, -0.25) is 10.2 Å². The Morgan fingerprint density at radius 2 is 1.96 bits per heavy atom. The first-order chi connectivity index (χ1) is 12.8. The van der Waals surface area contributed by atoms with Crippen LogP contribution in [-0.2, 0) is 17.7 Å². The summed E-state index contributed by atoms with van der Waals surface area (Å²) in [6.07, 6.45) is 2.41. The van der Waals surface area contributed by atoms with Crippen LogP contribution in [0.5, 0.6) is 0 Å². The largest absolute Gasteiger partial charge is 0.443 e. The average molecular weight is 431 g/mol. The van der Waals surface area contributed by atoms with Crippen LogP contribution in [-0.4, -0.2) is 17.9 Å². The Kier molecular flexibility index (Phi) is 6.22. The van der Waals surface area contributed by atoms with Crippen molar-refractivity contribution in [2.75, 3.05) is 4.90 Å². The minimum absolute atomic E-state index is 0.115. The van der Waals surface area contributed by atoms with E-state index in [9.17, 15) is 4.79 Å². The average Bonchev–Trinajstić information content (AvgIpc) is 2.78. The van der Waals surface area contributed by atoms with Gasteiger partial charge in [-0.15, -0.1) is 0 Å². The van der Waals surface area contributed by atoms with Crippen molar-refractivity contribution in [1.29, 1.82) is 0 Å². The van der Waals surface area contributed by atoms with Crippen molar-refractivity contribution in [3.05, 3.63) is 64.1 Å². The predicted octanol–water partition coefficient (Wildman–Crippen LogP) is 5.64. The van der Waals surface area contributed by atoms with Gasteiger partial charge in [-0.2, -0.15) is 0 Å². The molecule has 1 heterocycles. The maximum absolute atomic E-state index is 13.1. The van der Waals surface area contributed by atoms with Gasteiger partial charge in [0.15, 0.2) is 0 Å². The number of halogens is 1. The van der Waals surface area contributed by atoms with Crippen molar-refractivity contribution in [2.24, 2.45) is 0 Å². The summed E-state index contributed by atoms with van der Waals surface area (Å²) in [4.78, 5) is 14.9. The molecule has 1 amide bonds. The second-order valence-electron chi connectivity index (χ2n) is 7.90. The van der Waals surface area contributed by atoms with Gasteiger partial charge in [0.05, 0.1) is 11.9 Å². The van der Waals surface area contributed by atoms with E-state index in [-0.39, 0.29) is 12.3 Å². The standard InChI is InChI=1S/C22H27BrN2O2/c1-22(2,3)27-21(26)25-19-14-18(23)13-12-17(19)10-7-11-20(25)24-15-16-8-5-4-6-9-16/h4-6,8-9,12-14,20,24H,7,10-11,15H2,1-3H3. The molecule has 0 spiro atoms. The molecule has 1 unspecified atom stereocenters. The van der Waals surface area contributed by atoms with Gasteiger partial charge in [-0.25, -0.2) is 4.79 Å². The normalized spacial score (nSPS) is 17.2. The number of amides is 1. The number of carbonyl (C=O) groups excluding carboxylic acids is 1. The van der Waals surface area contributed by atoms with Gasteiger partial charge >= 0.3 is 6.09 Å². The number of benzene rings is 2. The van der Waals surface area contributed by atoms with E-state index in [1.807, 2.05) is 51.1 Å². The van der Waals surface area contributed by atoms with E-state index in [0.717, 1.165) is 29.4 Å². The number of carbonyl (C=O) groups is 1. The molecule has 1 atom stereocenters. The summed E-state index contributed by atoms with van der Waals surface area (Å²) >= 11 is 3.55. The number of aryl methyl sites for hydroxylation is 1. The molecule has 2 aromatic carbocycles. The maximum Gasteiger partial charge on any atom is 0.416 e. The van der Waals surface area contributed by atoms with Gasteiger partial charge in [0.1, 0.15) is 5.60 Å². The molecule has 0 radical (unpaired) electrons. The molecular weight excluding hydrogens is 404 g/mol. The fourth-order valence-electron chi connectivity index (χ4n) is 3.32. The third-order valence-corrected chi connectivity index (χ3v) is 5.01. The second-order valence-corrected chi connectivity index (χ2v) is 8.81. The van der Waals surface area contributed by atoms with E-state index in [2.05, 4.69) is 39.4 Å². The van der Waals surface area contributed by atoms with E-state index in [0.29, 0.717) is 6.54 Å². The summed E-state index contributed by atoms with van der Waals surface area (Å²) in [7, 11) is 0. The monoisotopic (exact) mass is 430 g/mol. The fourth-order valence-corrected chi connectivity index (χ4v) is 3.67. The van der Waals surface area contributed by atoms with Crippen LogP contribution in [0.4, 0.5) is 10.5 Å². The molecule has 1 aliphatic heterocycles. The highest BCUT2D eigenvalue weighted by atomic mass is 79.9. The molecule has 144 valence electrons. The lowest BCUT2D eigenvalue weighted by molar-refractivity contribution is 0.0557. The summed E-state index contributed by atoms with van der Waals surface area (Å²) < 4.78 is 6.70. The number of rotatable bonds is 3. The van der Waals surface area contributed by atoms with Crippen LogP contribution < -0.4 is 10.2 Å². The van der Waals surface area contributed by atoms with Gasteiger partial charge in [0.25, 0.3) is 0 Å². The molecule has 27 heavy (non-hydrogen) atoms. The van der Waals surface area contributed by atoms with E-state index < -0.39 is 5.60 Å². The molecule has 0 aliphatic carbocycles. The van der Waals surface area contributed by atoms with Crippen molar-refractivity contribution in [1.82, 2.24) is 5.32 Å². The van der Waals surface area contributed by atoms with Gasteiger partial charge in [0, 0.05) is 11.0 Å². The zero-order chi connectivity index (χ0) is 19.4. The maximum atomic E-state index is 13.1. The highest BCUT2D eigenvalue weighted by molar-refractivity contribution is 9.10. The lowest BCUT2D eigenvalue weighted by atomic mass is 10.1. The predicted molar refractivity (Wildman–Crippen MR) is 113 cm³/mol. The molecule has 3 rings (SSSR count). The molecule has 1 N–H and O–H groups in total. The van der Waals surface area contributed by atoms with Crippen LogP contribution in [0.15, 0.2) is 53.0 Å². The quantitative estimate of drug-likeness (QED) is 0.684. The van der Waals surface area contributed by atoms with Crippen LogP contribution >= 0.6 is 15.9 Å². The minimum atomic E-state index is -0.542. The third-order valence-electron chi connectivity index (χ3n) is 4.52. The van der Waals surface area contributed by atoms with Gasteiger partial charge < -0.3 is 4.74 Å². The Morgan fingerprint density at radius 1 is 1.22 bits per heavy atom. The van der Waals surface area contributed by atoms with Crippen molar-refractivity contribution in [3.8, 4) is 0 Å². The molecule has 4 nitrogen and oxygen atoms in total. The highest BCUT2D eigenvalue weighted by Crippen LogP contribution is 2.33. The fraction of sp³-hybridized carbons (Fsp3) is 0.409. The summed E-state index contributed by atoms with van der Waals surface area (Å²) in [6, 6.07) is 16.4. The molecule has 0 saturated heterocycles. The van der Waals surface area contributed by atoms with Gasteiger partial charge in [-0.1, -0.05) is 52.3 Å². The van der Waals surface area contributed by atoms with Crippen LogP contribution in [0, 0.1) is 0 Å². The first-order valence-electron chi connectivity index (χ1n) is 9.41. The van der Waals surface area contributed by atoms with Crippen LogP contribution in [0.3, 0.4) is 0 Å². The number of ether oxygens (including phenoxy) is 1. The topological polar surface area (TPSA) is 41.6 Å². The lowest BCUT2D eigenvalue weighted by Gasteiger charge is -2.34. The number of hydrogen-bond donors (Lipinski definition) is 1. The van der Waals surface area contributed by atoms with Gasteiger partial charge in [-0.05, 0) is 63.3 Å². The van der Waals surface area contributed by atoms with E-state index in [1.165, 1.54) is 11.1 Å². The highest BCUT2D eigenvalue weighted by Gasteiger charge is 2.32. The Balaban J connectivity index is 1.90. The van der Waals surface area contributed by atoms with E-state index in [4.69, 9.17) is 4.74 Å². The molecule has 0 fully saturated rings. The van der Waals surface area contributed by atoms with Crippen molar-refractivity contribution < 1.29 is 9.53 Å².